The van der Waals surface area contributed by atoms with Gasteiger partial charge in [0.25, 0.3) is 0 Å². The number of nitrogens with zero attached hydrogens (tertiary/aromatic N) is 2. The van der Waals surface area contributed by atoms with Crippen molar-refractivity contribution in [3.8, 4) is 6.07 Å². The van der Waals surface area contributed by atoms with E-state index in [2.05, 4.69) is 6.07 Å². The second-order valence-corrected chi connectivity index (χ2v) is 7.95. The van der Waals surface area contributed by atoms with E-state index in [9.17, 15) is 8.42 Å². The average Bonchev–Trinajstić information content (AvgIpc) is 2.86. The van der Waals surface area contributed by atoms with Crippen LogP contribution in [0.1, 0.15) is 16.7 Å². The molecule has 5 nitrogen and oxygen atoms in total. The van der Waals surface area contributed by atoms with E-state index in [1.165, 1.54) is 0 Å². The lowest BCUT2D eigenvalue weighted by molar-refractivity contribution is 0.597. The van der Waals surface area contributed by atoms with Crippen molar-refractivity contribution >= 4 is 32.5 Å². The Kier molecular flexibility index (Phi) is 4.82. The van der Waals surface area contributed by atoms with Crippen LogP contribution in [0.3, 0.4) is 0 Å². The van der Waals surface area contributed by atoms with Crippen molar-refractivity contribution in [1.29, 1.82) is 5.26 Å². The molecule has 128 valence electrons. The fourth-order valence-corrected chi connectivity index (χ4v) is 3.65. The lowest BCUT2D eigenvalue weighted by Crippen LogP contribution is -2.14. The lowest BCUT2D eigenvalue weighted by atomic mass is 10.1. The van der Waals surface area contributed by atoms with E-state index in [1.54, 1.807) is 12.1 Å². The Hall–Kier alpha value is -2.33. The third-order valence-electron chi connectivity index (χ3n) is 3.93. The molecule has 0 radical (unpaired) electrons. The topological polar surface area (TPSA) is 88.9 Å². The number of halogens is 1. The van der Waals surface area contributed by atoms with Crippen LogP contribution in [-0.2, 0) is 28.7 Å². The summed E-state index contributed by atoms with van der Waals surface area (Å²) < 4.78 is 24.7. The van der Waals surface area contributed by atoms with Crippen LogP contribution in [0.15, 0.2) is 48.7 Å². The standard InChI is InChI=1S/C18H16ClN3O2S/c19-16-4-1-13(2-5-16)10-22-11-15(7-8-20)17-9-14(3-6-18(17)22)12-25(21,23)24/h1-6,9,11H,7,10,12H2,(H2,21,23,24). The molecular formula is C18H16ClN3O2S. The Morgan fingerprint density at radius 3 is 2.44 bits per heavy atom. The summed E-state index contributed by atoms with van der Waals surface area (Å²) in [5.41, 5.74) is 3.50. The van der Waals surface area contributed by atoms with Gasteiger partial charge in [-0.3, -0.25) is 0 Å². The van der Waals surface area contributed by atoms with Crippen molar-refractivity contribution in [3.05, 3.63) is 70.4 Å². The van der Waals surface area contributed by atoms with Gasteiger partial charge in [-0.15, -0.1) is 0 Å². The fourth-order valence-electron chi connectivity index (χ4n) is 2.88. The molecular weight excluding hydrogens is 358 g/mol. The highest BCUT2D eigenvalue weighted by atomic mass is 35.5. The molecule has 0 aliphatic rings. The molecule has 0 aliphatic heterocycles. The first-order chi connectivity index (χ1) is 11.9. The Labute approximate surface area is 151 Å². The average molecular weight is 374 g/mol. The summed E-state index contributed by atoms with van der Waals surface area (Å²) in [6.07, 6.45) is 2.19. The molecule has 0 amide bonds. The highest BCUT2D eigenvalue weighted by Crippen LogP contribution is 2.25. The van der Waals surface area contributed by atoms with E-state index >= 15 is 0 Å². The number of nitrogens with two attached hydrogens (primary N) is 1. The van der Waals surface area contributed by atoms with Crippen LogP contribution in [0.5, 0.6) is 0 Å². The zero-order chi connectivity index (χ0) is 18.0. The first kappa shape index (κ1) is 17.5. The number of sulfonamides is 1. The molecule has 0 bridgehead atoms. The van der Waals surface area contributed by atoms with E-state index < -0.39 is 10.0 Å². The maximum Gasteiger partial charge on any atom is 0.213 e. The number of rotatable bonds is 5. The monoisotopic (exact) mass is 373 g/mol. The fraction of sp³-hybridized carbons (Fsp3) is 0.167. The molecule has 25 heavy (non-hydrogen) atoms. The van der Waals surface area contributed by atoms with Crippen LogP contribution in [0.4, 0.5) is 0 Å². The van der Waals surface area contributed by atoms with Crippen LogP contribution < -0.4 is 5.14 Å². The molecule has 0 unspecified atom stereocenters. The Balaban J connectivity index is 2.04. The SMILES string of the molecule is N#CCc1cn(Cc2ccc(Cl)cc2)c2ccc(CS(N)(=O)=O)cc12. The number of hydrogen-bond acceptors (Lipinski definition) is 3. The molecule has 1 heterocycles. The van der Waals surface area contributed by atoms with Crippen molar-refractivity contribution in [1.82, 2.24) is 4.57 Å². The lowest BCUT2D eigenvalue weighted by Gasteiger charge is -2.07. The molecule has 0 saturated heterocycles. The van der Waals surface area contributed by atoms with E-state index in [0.717, 1.165) is 22.0 Å². The molecule has 7 heteroatoms. The number of aromatic nitrogens is 1. The summed E-state index contributed by atoms with van der Waals surface area (Å²) in [7, 11) is -3.60. The number of benzene rings is 2. The van der Waals surface area contributed by atoms with Gasteiger partial charge in [-0.05, 0) is 41.0 Å². The molecule has 2 N–H and O–H groups in total. The van der Waals surface area contributed by atoms with Crippen molar-refractivity contribution in [2.45, 2.75) is 18.7 Å². The van der Waals surface area contributed by atoms with E-state index in [-0.39, 0.29) is 12.2 Å². The van der Waals surface area contributed by atoms with Crippen molar-refractivity contribution in [2.24, 2.45) is 5.14 Å². The Morgan fingerprint density at radius 1 is 1.12 bits per heavy atom. The van der Waals surface area contributed by atoms with Crippen LogP contribution in [0.2, 0.25) is 5.02 Å². The van der Waals surface area contributed by atoms with Crippen molar-refractivity contribution in [3.63, 3.8) is 0 Å². The first-order valence-corrected chi connectivity index (χ1v) is 9.67. The number of primary sulfonamides is 1. The summed E-state index contributed by atoms with van der Waals surface area (Å²) in [6, 6.07) is 15.1. The minimum atomic E-state index is -3.60. The summed E-state index contributed by atoms with van der Waals surface area (Å²) in [4.78, 5) is 0. The summed E-state index contributed by atoms with van der Waals surface area (Å²) in [5.74, 6) is -0.225. The maximum atomic E-state index is 11.3. The number of fused-ring (bicyclic) bond motifs is 1. The molecule has 2 aromatic carbocycles. The Bertz CT molecular complexity index is 1060. The third-order valence-corrected chi connectivity index (χ3v) is 4.92. The van der Waals surface area contributed by atoms with Crippen LogP contribution >= 0.6 is 11.6 Å². The number of nitriles is 1. The van der Waals surface area contributed by atoms with Crippen molar-refractivity contribution < 1.29 is 8.42 Å². The largest absolute Gasteiger partial charge is 0.343 e. The minimum Gasteiger partial charge on any atom is -0.343 e. The van der Waals surface area contributed by atoms with Crippen LogP contribution in [0.25, 0.3) is 10.9 Å². The predicted molar refractivity (Wildman–Crippen MR) is 98.6 cm³/mol. The van der Waals surface area contributed by atoms with Gasteiger partial charge in [-0.1, -0.05) is 29.8 Å². The van der Waals surface area contributed by atoms with Gasteiger partial charge in [0.1, 0.15) is 0 Å². The maximum absolute atomic E-state index is 11.3. The molecule has 0 spiro atoms. The number of hydrogen-bond donors (Lipinski definition) is 1. The third kappa shape index (κ3) is 4.20. The highest BCUT2D eigenvalue weighted by Gasteiger charge is 2.12. The second kappa shape index (κ2) is 6.89. The smallest absolute Gasteiger partial charge is 0.213 e. The summed E-state index contributed by atoms with van der Waals surface area (Å²) >= 11 is 5.92. The Morgan fingerprint density at radius 2 is 1.80 bits per heavy atom. The van der Waals surface area contributed by atoms with Gasteiger partial charge in [0, 0.05) is 28.7 Å². The summed E-state index contributed by atoms with van der Waals surface area (Å²) in [6.45, 7) is 0.633. The predicted octanol–water partition coefficient (Wildman–Crippen LogP) is 3.20. The molecule has 1 aromatic heterocycles. The van der Waals surface area contributed by atoms with Crippen LogP contribution in [-0.4, -0.2) is 13.0 Å². The van der Waals surface area contributed by atoms with E-state index in [1.807, 2.05) is 41.1 Å². The second-order valence-electron chi connectivity index (χ2n) is 5.90. The quantitative estimate of drug-likeness (QED) is 0.744. The zero-order valence-corrected chi connectivity index (χ0v) is 14.9. The first-order valence-electron chi connectivity index (χ1n) is 7.58. The molecule has 0 fully saturated rings. The van der Waals surface area contributed by atoms with Gasteiger partial charge in [-0.25, -0.2) is 13.6 Å². The van der Waals surface area contributed by atoms with E-state index in [0.29, 0.717) is 17.1 Å². The zero-order valence-electron chi connectivity index (χ0n) is 13.3. The molecule has 3 rings (SSSR count). The summed E-state index contributed by atoms with van der Waals surface area (Å²) in [5, 5.41) is 15.8. The normalized spacial score (nSPS) is 11.6. The van der Waals surface area contributed by atoms with Crippen molar-refractivity contribution in [2.75, 3.05) is 0 Å². The molecule has 0 saturated carbocycles. The molecule has 0 aliphatic carbocycles. The van der Waals surface area contributed by atoms with Gasteiger partial charge >= 0.3 is 0 Å². The van der Waals surface area contributed by atoms with E-state index in [4.69, 9.17) is 22.0 Å². The molecule has 3 aromatic rings. The van der Waals surface area contributed by atoms with Gasteiger partial charge < -0.3 is 4.57 Å². The minimum absolute atomic E-state index is 0.225. The van der Waals surface area contributed by atoms with Gasteiger partial charge in [0.15, 0.2) is 0 Å². The van der Waals surface area contributed by atoms with Gasteiger partial charge in [-0.2, -0.15) is 5.26 Å². The van der Waals surface area contributed by atoms with Gasteiger partial charge in [0.2, 0.25) is 10.0 Å². The highest BCUT2D eigenvalue weighted by molar-refractivity contribution is 7.88. The van der Waals surface area contributed by atoms with Crippen LogP contribution in [0, 0.1) is 11.3 Å². The van der Waals surface area contributed by atoms with Gasteiger partial charge in [0.05, 0.1) is 18.2 Å². The molecule has 0 atom stereocenters.